The van der Waals surface area contributed by atoms with Crippen LogP contribution in [0.2, 0.25) is 0 Å². The lowest BCUT2D eigenvalue weighted by atomic mass is 10.0. The zero-order valence-electron chi connectivity index (χ0n) is 8.91. The van der Waals surface area contributed by atoms with Crippen LogP contribution in [0, 0.1) is 0 Å². The van der Waals surface area contributed by atoms with Crippen LogP contribution in [-0.2, 0) is 0 Å². The van der Waals surface area contributed by atoms with Crippen molar-refractivity contribution >= 4 is 15.9 Å². The second kappa shape index (κ2) is 4.89. The van der Waals surface area contributed by atoms with Gasteiger partial charge in [0.15, 0.2) is 11.5 Å². The number of allylic oxidation sites excluding steroid dienone is 1. The Morgan fingerprint density at radius 3 is 2.81 bits per heavy atom. The minimum absolute atomic E-state index is 0.0122. The molecule has 0 unspecified atom stereocenters. The van der Waals surface area contributed by atoms with Gasteiger partial charge in [-0.05, 0) is 30.5 Å². The van der Waals surface area contributed by atoms with Crippen molar-refractivity contribution in [2.24, 2.45) is 5.73 Å². The number of hydrogen-bond donors (Lipinski definition) is 1. The summed E-state index contributed by atoms with van der Waals surface area (Å²) in [7, 11) is 0. The van der Waals surface area contributed by atoms with Crippen molar-refractivity contribution in [2.45, 2.75) is 18.9 Å². The minimum atomic E-state index is -0.0122. The summed E-state index contributed by atoms with van der Waals surface area (Å²) < 4.78 is 11.6. The molecular formula is C12H14BrNO2. The first-order valence-corrected chi connectivity index (χ1v) is 5.97. The van der Waals surface area contributed by atoms with Gasteiger partial charge in [-0.2, -0.15) is 0 Å². The summed E-state index contributed by atoms with van der Waals surface area (Å²) >= 11 is 3.50. The first-order chi connectivity index (χ1) is 7.72. The van der Waals surface area contributed by atoms with Gasteiger partial charge in [0.1, 0.15) is 0 Å². The van der Waals surface area contributed by atoms with Crippen molar-refractivity contribution in [2.75, 3.05) is 6.79 Å². The highest BCUT2D eigenvalue weighted by atomic mass is 79.9. The van der Waals surface area contributed by atoms with Crippen molar-refractivity contribution in [1.82, 2.24) is 0 Å². The van der Waals surface area contributed by atoms with Crippen molar-refractivity contribution in [3.05, 3.63) is 34.8 Å². The molecule has 0 saturated carbocycles. The largest absolute Gasteiger partial charge is 0.454 e. The molecular weight excluding hydrogens is 270 g/mol. The normalized spacial score (nSPS) is 14.9. The van der Waals surface area contributed by atoms with E-state index in [1.807, 2.05) is 18.2 Å². The Labute approximate surface area is 103 Å². The van der Waals surface area contributed by atoms with Crippen LogP contribution >= 0.6 is 15.9 Å². The maximum Gasteiger partial charge on any atom is 0.231 e. The highest BCUT2D eigenvalue weighted by Crippen LogP contribution is 2.39. The Morgan fingerprint density at radius 1 is 1.44 bits per heavy atom. The maximum atomic E-state index is 6.10. The summed E-state index contributed by atoms with van der Waals surface area (Å²) in [4.78, 5) is 0. The summed E-state index contributed by atoms with van der Waals surface area (Å²) in [5.74, 6) is 1.54. The van der Waals surface area contributed by atoms with Crippen molar-refractivity contribution in [3.8, 4) is 11.5 Å². The molecule has 0 fully saturated rings. The van der Waals surface area contributed by atoms with Crippen LogP contribution in [0.25, 0.3) is 0 Å². The summed E-state index contributed by atoms with van der Waals surface area (Å²) in [5, 5.41) is 0. The standard InChI is InChI=1S/C12H14BrNO2/c1-2-3-4-10(14)8-5-11-12(6-9(8)13)16-7-15-11/h2,5-6,10H,1,3-4,7,14H2/t10-/m0/s1. The van der Waals surface area contributed by atoms with Gasteiger partial charge >= 0.3 is 0 Å². The number of halogens is 1. The number of benzene rings is 1. The lowest BCUT2D eigenvalue weighted by Gasteiger charge is -2.13. The second-order valence-corrected chi connectivity index (χ2v) is 4.55. The molecule has 3 nitrogen and oxygen atoms in total. The molecule has 16 heavy (non-hydrogen) atoms. The molecule has 1 atom stereocenters. The number of nitrogens with two attached hydrogens (primary N) is 1. The van der Waals surface area contributed by atoms with Gasteiger partial charge in [-0.3, -0.25) is 0 Å². The Balaban J connectivity index is 2.23. The smallest absolute Gasteiger partial charge is 0.231 e. The summed E-state index contributed by atoms with van der Waals surface area (Å²) in [6.45, 7) is 3.98. The summed E-state index contributed by atoms with van der Waals surface area (Å²) in [5.41, 5.74) is 7.15. The summed E-state index contributed by atoms with van der Waals surface area (Å²) in [6, 6.07) is 3.84. The second-order valence-electron chi connectivity index (χ2n) is 3.70. The lowest BCUT2D eigenvalue weighted by molar-refractivity contribution is 0.174. The Morgan fingerprint density at radius 2 is 2.12 bits per heavy atom. The monoisotopic (exact) mass is 283 g/mol. The van der Waals surface area contributed by atoms with Gasteiger partial charge in [0, 0.05) is 10.5 Å². The molecule has 0 radical (unpaired) electrons. The van der Waals surface area contributed by atoms with E-state index < -0.39 is 0 Å². The molecule has 4 heteroatoms. The van der Waals surface area contributed by atoms with E-state index in [9.17, 15) is 0 Å². The van der Waals surface area contributed by atoms with Crippen LogP contribution in [0.4, 0.5) is 0 Å². The number of rotatable bonds is 4. The van der Waals surface area contributed by atoms with Gasteiger partial charge in [-0.25, -0.2) is 0 Å². The molecule has 0 bridgehead atoms. The Kier molecular flexibility index (Phi) is 3.51. The fourth-order valence-electron chi connectivity index (χ4n) is 1.67. The van der Waals surface area contributed by atoms with Crippen LogP contribution in [0.15, 0.2) is 29.3 Å². The molecule has 1 aliphatic heterocycles. The first-order valence-electron chi connectivity index (χ1n) is 5.18. The zero-order valence-corrected chi connectivity index (χ0v) is 10.5. The molecule has 0 saturated heterocycles. The van der Waals surface area contributed by atoms with Crippen LogP contribution in [0.3, 0.4) is 0 Å². The fourth-order valence-corrected chi connectivity index (χ4v) is 2.29. The average Bonchev–Trinajstić information content (AvgIpc) is 2.71. The van der Waals surface area contributed by atoms with E-state index in [1.165, 1.54) is 0 Å². The SMILES string of the molecule is C=CCC[C@H](N)c1cc2c(cc1Br)OCO2. The highest BCUT2D eigenvalue weighted by Gasteiger charge is 2.18. The van der Waals surface area contributed by atoms with Crippen molar-refractivity contribution < 1.29 is 9.47 Å². The topological polar surface area (TPSA) is 44.5 Å². The van der Waals surface area contributed by atoms with Gasteiger partial charge < -0.3 is 15.2 Å². The van der Waals surface area contributed by atoms with Crippen LogP contribution in [-0.4, -0.2) is 6.79 Å². The third-order valence-electron chi connectivity index (χ3n) is 2.57. The molecule has 0 aliphatic carbocycles. The third-order valence-corrected chi connectivity index (χ3v) is 3.26. The summed E-state index contributed by atoms with van der Waals surface area (Å²) in [6.07, 6.45) is 3.66. The molecule has 0 aromatic heterocycles. The zero-order chi connectivity index (χ0) is 11.5. The van der Waals surface area contributed by atoms with Crippen molar-refractivity contribution in [1.29, 1.82) is 0 Å². The molecule has 1 aliphatic rings. The molecule has 2 N–H and O–H groups in total. The van der Waals surface area contributed by atoms with Crippen LogP contribution in [0.5, 0.6) is 11.5 Å². The average molecular weight is 284 g/mol. The van der Waals surface area contributed by atoms with Crippen molar-refractivity contribution in [3.63, 3.8) is 0 Å². The van der Waals surface area contributed by atoms with Gasteiger partial charge in [0.25, 0.3) is 0 Å². The van der Waals surface area contributed by atoms with E-state index in [-0.39, 0.29) is 12.8 Å². The quantitative estimate of drug-likeness (QED) is 0.864. The van der Waals surface area contributed by atoms with E-state index in [1.54, 1.807) is 0 Å². The van der Waals surface area contributed by atoms with Crippen LogP contribution in [0.1, 0.15) is 24.4 Å². The van der Waals surface area contributed by atoms with Gasteiger partial charge in [-0.15, -0.1) is 6.58 Å². The van der Waals surface area contributed by atoms with E-state index in [4.69, 9.17) is 15.2 Å². The predicted octanol–water partition coefficient (Wildman–Crippen LogP) is 3.14. The molecule has 1 aromatic rings. The fraction of sp³-hybridized carbons (Fsp3) is 0.333. The van der Waals surface area contributed by atoms with Gasteiger partial charge in [-0.1, -0.05) is 22.0 Å². The van der Waals surface area contributed by atoms with E-state index >= 15 is 0 Å². The van der Waals surface area contributed by atoms with Crippen LogP contribution < -0.4 is 15.2 Å². The number of fused-ring (bicyclic) bond motifs is 1. The Bertz CT molecular complexity index is 406. The van der Waals surface area contributed by atoms with Gasteiger partial charge in [0.2, 0.25) is 6.79 Å². The first kappa shape index (κ1) is 11.5. The lowest BCUT2D eigenvalue weighted by Crippen LogP contribution is -2.10. The molecule has 0 amide bonds. The third kappa shape index (κ3) is 2.23. The number of hydrogen-bond acceptors (Lipinski definition) is 3. The molecule has 1 heterocycles. The Hall–Kier alpha value is -1.00. The minimum Gasteiger partial charge on any atom is -0.454 e. The highest BCUT2D eigenvalue weighted by molar-refractivity contribution is 9.10. The van der Waals surface area contributed by atoms with E-state index in [0.29, 0.717) is 0 Å². The molecule has 86 valence electrons. The molecule has 1 aromatic carbocycles. The number of ether oxygens (including phenoxy) is 2. The van der Waals surface area contributed by atoms with E-state index in [2.05, 4.69) is 22.5 Å². The molecule has 2 rings (SSSR count). The maximum absolute atomic E-state index is 6.10. The van der Waals surface area contributed by atoms with E-state index in [0.717, 1.165) is 34.4 Å². The van der Waals surface area contributed by atoms with Gasteiger partial charge in [0.05, 0.1) is 0 Å². The predicted molar refractivity (Wildman–Crippen MR) is 66.6 cm³/mol. The molecule has 0 spiro atoms.